The van der Waals surface area contributed by atoms with Crippen molar-refractivity contribution in [3.8, 4) is 5.69 Å². The zero-order valence-electron chi connectivity index (χ0n) is 14.4. The third-order valence-corrected chi connectivity index (χ3v) is 4.92. The highest BCUT2D eigenvalue weighted by Gasteiger charge is 2.19. The molecule has 25 heavy (non-hydrogen) atoms. The maximum atomic E-state index is 12.5. The number of carbonyl (C=O) groups is 1. The molecule has 1 saturated heterocycles. The predicted octanol–water partition coefficient (Wildman–Crippen LogP) is 2.85. The molecule has 1 aromatic heterocycles. The van der Waals surface area contributed by atoms with Crippen molar-refractivity contribution in [2.75, 3.05) is 20.1 Å². The molecule has 128 valence electrons. The van der Waals surface area contributed by atoms with Gasteiger partial charge in [0.05, 0.1) is 11.0 Å². The Hall–Kier alpha value is -2.66. The first-order valence-electron chi connectivity index (χ1n) is 8.72. The Balaban J connectivity index is 1.49. The molecule has 1 amide bonds. The van der Waals surface area contributed by atoms with Crippen molar-refractivity contribution >= 4 is 16.9 Å². The molecule has 4 rings (SSSR count). The van der Waals surface area contributed by atoms with Crippen LogP contribution in [0.2, 0.25) is 0 Å². The third-order valence-electron chi connectivity index (χ3n) is 4.92. The largest absolute Gasteiger partial charge is 0.349 e. The van der Waals surface area contributed by atoms with E-state index in [1.807, 2.05) is 59.4 Å². The lowest BCUT2D eigenvalue weighted by Gasteiger charge is -2.29. The highest BCUT2D eigenvalue weighted by molar-refractivity contribution is 5.94. The standard InChI is InChI=1S/C20H22N4O/c1-23-12-10-16(11-13-23)22-20(25)15-6-8-17(9-7-15)24-14-21-18-4-2-3-5-19(18)24/h2-9,14,16H,10-13H2,1H3,(H,22,25). The van der Waals surface area contributed by atoms with E-state index in [0.29, 0.717) is 5.56 Å². The Bertz CT molecular complexity index is 876. The second-order valence-corrected chi connectivity index (χ2v) is 6.70. The zero-order valence-corrected chi connectivity index (χ0v) is 14.4. The molecule has 2 heterocycles. The molecule has 0 atom stereocenters. The summed E-state index contributed by atoms with van der Waals surface area (Å²) < 4.78 is 2.04. The van der Waals surface area contributed by atoms with Crippen molar-refractivity contribution in [1.29, 1.82) is 0 Å². The maximum absolute atomic E-state index is 12.5. The van der Waals surface area contributed by atoms with Gasteiger partial charge in [0.25, 0.3) is 5.91 Å². The van der Waals surface area contributed by atoms with Crippen molar-refractivity contribution in [3.63, 3.8) is 0 Å². The van der Waals surface area contributed by atoms with E-state index in [1.165, 1.54) is 0 Å². The normalized spacial score (nSPS) is 16.2. The summed E-state index contributed by atoms with van der Waals surface area (Å²) >= 11 is 0. The third kappa shape index (κ3) is 3.28. The number of rotatable bonds is 3. The number of hydrogen-bond donors (Lipinski definition) is 1. The Morgan fingerprint density at radius 2 is 1.80 bits per heavy atom. The van der Waals surface area contributed by atoms with Crippen molar-refractivity contribution in [3.05, 3.63) is 60.4 Å². The zero-order chi connectivity index (χ0) is 17.2. The maximum Gasteiger partial charge on any atom is 0.251 e. The summed E-state index contributed by atoms with van der Waals surface area (Å²) in [4.78, 5) is 19.2. The number of fused-ring (bicyclic) bond motifs is 1. The lowest BCUT2D eigenvalue weighted by atomic mass is 10.0. The molecule has 1 aliphatic rings. The molecule has 0 radical (unpaired) electrons. The van der Waals surface area contributed by atoms with Crippen LogP contribution in [-0.2, 0) is 0 Å². The molecular weight excluding hydrogens is 312 g/mol. The van der Waals surface area contributed by atoms with Crippen LogP contribution in [0, 0.1) is 0 Å². The van der Waals surface area contributed by atoms with Crippen molar-refractivity contribution < 1.29 is 4.79 Å². The number of carbonyl (C=O) groups excluding carboxylic acids is 1. The summed E-state index contributed by atoms with van der Waals surface area (Å²) in [5, 5.41) is 3.15. The fourth-order valence-corrected chi connectivity index (χ4v) is 3.36. The van der Waals surface area contributed by atoms with E-state index in [4.69, 9.17) is 0 Å². The lowest BCUT2D eigenvalue weighted by Crippen LogP contribution is -2.43. The van der Waals surface area contributed by atoms with Gasteiger partial charge in [-0.2, -0.15) is 0 Å². The molecule has 0 spiro atoms. The Kier molecular flexibility index (Phi) is 4.24. The van der Waals surface area contributed by atoms with Gasteiger partial charge < -0.3 is 10.2 Å². The van der Waals surface area contributed by atoms with Gasteiger partial charge in [0.2, 0.25) is 0 Å². The molecule has 0 unspecified atom stereocenters. The van der Waals surface area contributed by atoms with E-state index >= 15 is 0 Å². The van der Waals surface area contributed by atoms with Crippen LogP contribution in [0.25, 0.3) is 16.7 Å². The van der Waals surface area contributed by atoms with Gasteiger partial charge in [-0.05, 0) is 69.4 Å². The fourth-order valence-electron chi connectivity index (χ4n) is 3.36. The lowest BCUT2D eigenvalue weighted by molar-refractivity contribution is 0.0917. The second kappa shape index (κ2) is 6.69. The average Bonchev–Trinajstić information content (AvgIpc) is 3.08. The Morgan fingerprint density at radius 1 is 1.08 bits per heavy atom. The number of nitrogens with zero attached hydrogens (tertiary/aromatic N) is 3. The highest BCUT2D eigenvalue weighted by Crippen LogP contribution is 2.18. The minimum Gasteiger partial charge on any atom is -0.349 e. The number of amides is 1. The molecule has 1 fully saturated rings. The Morgan fingerprint density at radius 3 is 2.56 bits per heavy atom. The monoisotopic (exact) mass is 334 g/mol. The first-order valence-corrected chi connectivity index (χ1v) is 8.72. The predicted molar refractivity (Wildman–Crippen MR) is 99.1 cm³/mol. The number of hydrogen-bond acceptors (Lipinski definition) is 3. The fraction of sp³-hybridized carbons (Fsp3) is 0.300. The smallest absolute Gasteiger partial charge is 0.251 e. The molecule has 5 heteroatoms. The number of imidazole rings is 1. The van der Waals surface area contributed by atoms with Crippen LogP contribution in [0.3, 0.4) is 0 Å². The molecule has 2 aromatic carbocycles. The van der Waals surface area contributed by atoms with Crippen LogP contribution in [-0.4, -0.2) is 46.5 Å². The van der Waals surface area contributed by atoms with Crippen LogP contribution in [0.4, 0.5) is 0 Å². The summed E-state index contributed by atoms with van der Waals surface area (Å²) in [6.07, 6.45) is 3.85. The number of aromatic nitrogens is 2. The minimum atomic E-state index is 0.0107. The quantitative estimate of drug-likeness (QED) is 0.801. The summed E-state index contributed by atoms with van der Waals surface area (Å²) in [7, 11) is 2.12. The van der Waals surface area contributed by atoms with Crippen molar-refractivity contribution in [2.45, 2.75) is 18.9 Å². The molecular formula is C20H22N4O. The van der Waals surface area contributed by atoms with Crippen LogP contribution < -0.4 is 5.32 Å². The van der Waals surface area contributed by atoms with Gasteiger partial charge in [-0.15, -0.1) is 0 Å². The van der Waals surface area contributed by atoms with E-state index in [0.717, 1.165) is 42.7 Å². The van der Waals surface area contributed by atoms with Gasteiger partial charge in [-0.1, -0.05) is 12.1 Å². The van der Waals surface area contributed by atoms with E-state index < -0.39 is 0 Å². The average molecular weight is 334 g/mol. The van der Waals surface area contributed by atoms with Crippen LogP contribution in [0.5, 0.6) is 0 Å². The molecule has 0 saturated carbocycles. The summed E-state index contributed by atoms with van der Waals surface area (Å²) in [5.74, 6) is 0.0107. The van der Waals surface area contributed by atoms with Crippen LogP contribution in [0.1, 0.15) is 23.2 Å². The van der Waals surface area contributed by atoms with E-state index in [-0.39, 0.29) is 11.9 Å². The van der Waals surface area contributed by atoms with Gasteiger partial charge in [0.1, 0.15) is 6.33 Å². The molecule has 3 aromatic rings. The topological polar surface area (TPSA) is 50.2 Å². The molecule has 1 N–H and O–H groups in total. The number of para-hydroxylation sites is 2. The van der Waals surface area contributed by atoms with Crippen molar-refractivity contribution in [1.82, 2.24) is 19.8 Å². The summed E-state index contributed by atoms with van der Waals surface area (Å²) in [6.45, 7) is 2.08. The molecule has 0 aliphatic carbocycles. The second-order valence-electron chi connectivity index (χ2n) is 6.70. The van der Waals surface area contributed by atoms with Gasteiger partial charge in [-0.3, -0.25) is 9.36 Å². The summed E-state index contributed by atoms with van der Waals surface area (Å²) in [5.41, 5.74) is 3.73. The van der Waals surface area contributed by atoms with E-state index in [1.54, 1.807) is 0 Å². The first kappa shape index (κ1) is 15.8. The number of piperidine rings is 1. The van der Waals surface area contributed by atoms with Gasteiger partial charge in [0.15, 0.2) is 0 Å². The van der Waals surface area contributed by atoms with Gasteiger partial charge in [-0.25, -0.2) is 4.98 Å². The highest BCUT2D eigenvalue weighted by atomic mass is 16.1. The first-order chi connectivity index (χ1) is 12.2. The summed E-state index contributed by atoms with van der Waals surface area (Å²) in [6, 6.07) is 16.0. The van der Waals surface area contributed by atoms with Gasteiger partial charge >= 0.3 is 0 Å². The minimum absolute atomic E-state index is 0.0107. The van der Waals surface area contributed by atoms with Crippen LogP contribution >= 0.6 is 0 Å². The molecule has 5 nitrogen and oxygen atoms in total. The van der Waals surface area contributed by atoms with Crippen molar-refractivity contribution in [2.24, 2.45) is 0 Å². The van der Waals surface area contributed by atoms with E-state index in [9.17, 15) is 4.79 Å². The number of nitrogens with one attached hydrogen (secondary N) is 1. The molecule has 0 bridgehead atoms. The Labute approximate surface area is 147 Å². The number of likely N-dealkylation sites (tertiary alicyclic amines) is 1. The van der Waals surface area contributed by atoms with Gasteiger partial charge in [0, 0.05) is 17.3 Å². The SMILES string of the molecule is CN1CCC(NC(=O)c2ccc(-n3cnc4ccccc43)cc2)CC1. The van der Waals surface area contributed by atoms with Crippen LogP contribution in [0.15, 0.2) is 54.9 Å². The van der Waals surface area contributed by atoms with E-state index in [2.05, 4.69) is 22.2 Å². The molecule has 1 aliphatic heterocycles. The number of benzene rings is 2.